The molecule has 0 aromatic heterocycles. The van der Waals surface area contributed by atoms with E-state index in [9.17, 15) is 18.0 Å². The van der Waals surface area contributed by atoms with Gasteiger partial charge in [0.25, 0.3) is 0 Å². The minimum absolute atomic E-state index is 0.0748. The van der Waals surface area contributed by atoms with E-state index in [-0.39, 0.29) is 30.0 Å². The summed E-state index contributed by atoms with van der Waals surface area (Å²) in [6.45, 7) is 4.82. The van der Waals surface area contributed by atoms with E-state index >= 15 is 0 Å². The lowest BCUT2D eigenvalue weighted by molar-refractivity contribution is -0.140. The number of amides is 2. The molecule has 0 bridgehead atoms. The molecule has 0 radical (unpaired) electrons. The molecule has 0 spiro atoms. The standard InChI is InChI=1S/C26H35ClN4O4S/c1-18(2)13-23(30-36(34,35)17-19-7-4-3-5-8-19)26(33)31-12-6-9-24(31)25(32)29-16-21-14-22(27)11-10-20(21)15-28/h3-5,7-8,10-11,14,18,23-24,30H,6,9,12-13,15-17,28H2,1-2H3,(H,29,32)/t23-,24+/m1/s1. The van der Waals surface area contributed by atoms with Crippen molar-refractivity contribution in [2.45, 2.75) is 64.0 Å². The Balaban J connectivity index is 1.70. The van der Waals surface area contributed by atoms with Gasteiger partial charge in [0.15, 0.2) is 0 Å². The lowest BCUT2D eigenvalue weighted by atomic mass is 10.0. The molecule has 2 amide bonds. The summed E-state index contributed by atoms with van der Waals surface area (Å²) in [5.74, 6) is -0.795. The van der Waals surface area contributed by atoms with Crippen LogP contribution in [0.5, 0.6) is 0 Å². The van der Waals surface area contributed by atoms with Crippen LogP contribution in [0.4, 0.5) is 0 Å². The summed E-state index contributed by atoms with van der Waals surface area (Å²) in [6, 6.07) is 12.6. The average Bonchev–Trinajstić information content (AvgIpc) is 3.31. The molecule has 10 heteroatoms. The summed E-state index contributed by atoms with van der Waals surface area (Å²) in [6.07, 6.45) is 1.52. The second-order valence-electron chi connectivity index (χ2n) is 9.57. The summed E-state index contributed by atoms with van der Waals surface area (Å²) in [5, 5.41) is 3.45. The van der Waals surface area contributed by atoms with E-state index in [1.165, 1.54) is 4.90 Å². The maximum absolute atomic E-state index is 13.5. The van der Waals surface area contributed by atoms with Crippen LogP contribution in [-0.4, -0.2) is 43.8 Å². The molecule has 2 aromatic carbocycles. The second-order valence-corrected chi connectivity index (χ2v) is 11.8. The molecule has 3 rings (SSSR count). The molecule has 1 aliphatic heterocycles. The minimum Gasteiger partial charge on any atom is -0.350 e. The molecule has 0 unspecified atom stereocenters. The Bertz CT molecular complexity index is 1160. The topological polar surface area (TPSA) is 122 Å². The number of sulfonamides is 1. The predicted octanol–water partition coefficient (Wildman–Crippen LogP) is 2.94. The smallest absolute Gasteiger partial charge is 0.243 e. The zero-order valence-corrected chi connectivity index (χ0v) is 22.3. The number of halogens is 1. The van der Waals surface area contributed by atoms with Crippen molar-refractivity contribution in [1.82, 2.24) is 14.9 Å². The fourth-order valence-electron chi connectivity index (χ4n) is 4.48. The number of nitrogens with two attached hydrogens (primary N) is 1. The number of hydrogen-bond donors (Lipinski definition) is 3. The molecule has 2 aromatic rings. The molecule has 196 valence electrons. The van der Waals surface area contributed by atoms with Crippen LogP contribution in [0, 0.1) is 5.92 Å². The first-order chi connectivity index (χ1) is 17.1. The Kier molecular flexibility index (Phi) is 9.90. The van der Waals surface area contributed by atoms with Gasteiger partial charge < -0.3 is 16.0 Å². The number of benzene rings is 2. The van der Waals surface area contributed by atoms with Crippen LogP contribution in [0.3, 0.4) is 0 Å². The molecule has 1 fully saturated rings. The van der Waals surface area contributed by atoms with Gasteiger partial charge >= 0.3 is 0 Å². The predicted molar refractivity (Wildman–Crippen MR) is 141 cm³/mol. The fraction of sp³-hybridized carbons (Fsp3) is 0.462. The first-order valence-electron chi connectivity index (χ1n) is 12.2. The molecular weight excluding hydrogens is 500 g/mol. The van der Waals surface area contributed by atoms with Crippen LogP contribution in [0.15, 0.2) is 48.5 Å². The lowest BCUT2D eigenvalue weighted by Gasteiger charge is -2.29. The van der Waals surface area contributed by atoms with Gasteiger partial charge in [-0.1, -0.05) is 61.8 Å². The van der Waals surface area contributed by atoms with Gasteiger partial charge in [0.2, 0.25) is 21.8 Å². The summed E-state index contributed by atoms with van der Waals surface area (Å²) in [4.78, 5) is 28.1. The molecule has 36 heavy (non-hydrogen) atoms. The summed E-state index contributed by atoms with van der Waals surface area (Å²) in [5.41, 5.74) is 8.13. The number of nitrogens with one attached hydrogen (secondary N) is 2. The van der Waals surface area contributed by atoms with Gasteiger partial charge in [0, 0.05) is 24.7 Å². The maximum Gasteiger partial charge on any atom is 0.243 e. The van der Waals surface area contributed by atoms with Gasteiger partial charge in [-0.05, 0) is 54.0 Å². The van der Waals surface area contributed by atoms with Crippen molar-refractivity contribution in [3.05, 3.63) is 70.2 Å². The number of hydrogen-bond acceptors (Lipinski definition) is 5. The van der Waals surface area contributed by atoms with Crippen molar-refractivity contribution in [3.63, 3.8) is 0 Å². The zero-order valence-electron chi connectivity index (χ0n) is 20.7. The first-order valence-corrected chi connectivity index (χ1v) is 14.2. The molecule has 0 aliphatic carbocycles. The van der Waals surface area contributed by atoms with Gasteiger partial charge in [0.1, 0.15) is 12.1 Å². The van der Waals surface area contributed by atoms with Crippen molar-refractivity contribution < 1.29 is 18.0 Å². The zero-order chi connectivity index (χ0) is 26.3. The molecule has 1 saturated heterocycles. The number of likely N-dealkylation sites (tertiary alicyclic amines) is 1. The van der Waals surface area contributed by atoms with Crippen molar-refractivity contribution in [1.29, 1.82) is 0 Å². The molecule has 8 nitrogen and oxygen atoms in total. The van der Waals surface area contributed by atoms with Gasteiger partial charge in [-0.15, -0.1) is 0 Å². The average molecular weight is 535 g/mol. The Labute approximate surface area is 218 Å². The quantitative estimate of drug-likeness (QED) is 0.409. The third-order valence-corrected chi connectivity index (χ3v) is 7.80. The largest absolute Gasteiger partial charge is 0.350 e. The number of rotatable bonds is 11. The first kappa shape index (κ1) is 28.1. The van der Waals surface area contributed by atoms with Crippen LogP contribution in [0.1, 0.15) is 49.8 Å². The van der Waals surface area contributed by atoms with E-state index in [1.54, 1.807) is 36.4 Å². The third kappa shape index (κ3) is 7.77. The van der Waals surface area contributed by atoms with Crippen LogP contribution < -0.4 is 15.8 Å². The Hall–Kier alpha value is -2.46. The van der Waals surface area contributed by atoms with E-state index in [1.807, 2.05) is 26.0 Å². The Morgan fingerprint density at radius 3 is 2.53 bits per heavy atom. The monoisotopic (exact) mass is 534 g/mol. The van der Waals surface area contributed by atoms with Gasteiger partial charge in [-0.25, -0.2) is 13.1 Å². The molecule has 0 saturated carbocycles. The minimum atomic E-state index is -3.77. The third-order valence-electron chi connectivity index (χ3n) is 6.21. The second kappa shape index (κ2) is 12.7. The van der Waals surface area contributed by atoms with Crippen LogP contribution in [-0.2, 0) is 38.5 Å². The highest BCUT2D eigenvalue weighted by molar-refractivity contribution is 7.88. The normalized spacial score (nSPS) is 16.8. The highest BCUT2D eigenvalue weighted by Gasteiger charge is 2.38. The van der Waals surface area contributed by atoms with Crippen LogP contribution >= 0.6 is 11.6 Å². The summed E-state index contributed by atoms with van der Waals surface area (Å²) >= 11 is 6.10. The SMILES string of the molecule is CC(C)C[C@@H](NS(=O)(=O)Cc1ccccc1)C(=O)N1CCC[C@H]1C(=O)NCc1cc(Cl)ccc1CN. The highest BCUT2D eigenvalue weighted by atomic mass is 35.5. The molecule has 1 heterocycles. The maximum atomic E-state index is 13.5. The van der Waals surface area contributed by atoms with Gasteiger partial charge in [-0.3, -0.25) is 9.59 Å². The van der Waals surface area contributed by atoms with E-state index < -0.39 is 22.1 Å². The van der Waals surface area contributed by atoms with E-state index in [2.05, 4.69) is 10.0 Å². The van der Waals surface area contributed by atoms with Crippen molar-refractivity contribution >= 4 is 33.4 Å². The summed E-state index contributed by atoms with van der Waals surface area (Å²) in [7, 11) is -3.77. The van der Waals surface area contributed by atoms with Crippen LogP contribution in [0.2, 0.25) is 5.02 Å². The van der Waals surface area contributed by atoms with Gasteiger partial charge in [0.05, 0.1) is 5.75 Å². The van der Waals surface area contributed by atoms with E-state index in [0.29, 0.717) is 42.9 Å². The van der Waals surface area contributed by atoms with Crippen LogP contribution in [0.25, 0.3) is 0 Å². The van der Waals surface area contributed by atoms with E-state index in [4.69, 9.17) is 17.3 Å². The van der Waals surface area contributed by atoms with E-state index in [0.717, 1.165) is 11.1 Å². The Morgan fingerprint density at radius 1 is 1.14 bits per heavy atom. The highest BCUT2D eigenvalue weighted by Crippen LogP contribution is 2.22. The molecular formula is C26H35ClN4O4S. The van der Waals surface area contributed by atoms with Crippen molar-refractivity contribution in [2.24, 2.45) is 11.7 Å². The van der Waals surface area contributed by atoms with Crippen molar-refractivity contribution in [3.8, 4) is 0 Å². The lowest BCUT2D eigenvalue weighted by Crippen LogP contribution is -2.53. The number of carbonyl (C=O) groups excluding carboxylic acids is 2. The van der Waals surface area contributed by atoms with Gasteiger partial charge in [-0.2, -0.15) is 0 Å². The molecule has 4 N–H and O–H groups in total. The number of nitrogens with zero attached hydrogens (tertiary/aromatic N) is 1. The molecule has 1 aliphatic rings. The van der Waals surface area contributed by atoms with Crippen molar-refractivity contribution in [2.75, 3.05) is 6.54 Å². The summed E-state index contributed by atoms with van der Waals surface area (Å²) < 4.78 is 28.4. The fourth-order valence-corrected chi connectivity index (χ4v) is 6.02. The molecule has 2 atom stereocenters. The Morgan fingerprint density at radius 2 is 1.86 bits per heavy atom. The number of carbonyl (C=O) groups is 2.